The van der Waals surface area contributed by atoms with Gasteiger partial charge in [-0.25, -0.2) is 0 Å². The first-order valence-electron chi connectivity index (χ1n) is 14.0. The van der Waals surface area contributed by atoms with E-state index in [2.05, 4.69) is 110 Å². The number of hydrogen-bond acceptors (Lipinski definition) is 2. The maximum atomic E-state index is 7.14. The zero-order chi connectivity index (χ0) is 28.5. The van der Waals surface area contributed by atoms with Crippen molar-refractivity contribution in [3.05, 3.63) is 131 Å². The largest absolute Gasteiger partial charge is 0.366 e. The van der Waals surface area contributed by atoms with Crippen molar-refractivity contribution in [2.24, 2.45) is 0 Å². The third-order valence-electron chi connectivity index (χ3n) is 7.35. The van der Waals surface area contributed by atoms with E-state index in [1.165, 1.54) is 70.4 Å². The van der Waals surface area contributed by atoms with Crippen LogP contribution in [0.1, 0.15) is 46.2 Å². The minimum absolute atomic E-state index is 0. The number of hydrogen-bond donors (Lipinski definition) is 0. The number of unbranched alkanes of at least 4 members (excludes halogenated alkanes) is 1. The molecule has 0 amide bonds. The normalized spacial score (nSPS) is 11.0. The molecule has 42 heavy (non-hydrogen) atoms. The van der Waals surface area contributed by atoms with Gasteiger partial charge in [0, 0.05) is 44.8 Å². The Morgan fingerprint density at radius 3 is 1.24 bits per heavy atom. The van der Waals surface area contributed by atoms with Gasteiger partial charge in [-0.2, -0.15) is 0 Å². The number of benzene rings is 4. The van der Waals surface area contributed by atoms with E-state index in [1.54, 1.807) is 0 Å². The van der Waals surface area contributed by atoms with Gasteiger partial charge < -0.3 is 22.6 Å². The first-order chi connectivity index (χ1) is 19.4. The van der Waals surface area contributed by atoms with Crippen LogP contribution in [-0.4, -0.2) is 51.1 Å². The van der Waals surface area contributed by atoms with Gasteiger partial charge in [-0.05, 0) is 111 Å². The molecule has 2 aliphatic carbocycles. The van der Waals surface area contributed by atoms with E-state index < -0.39 is 0 Å². The van der Waals surface area contributed by atoms with E-state index >= 15 is 0 Å². The number of rotatable bonds is 5. The molecule has 4 aromatic rings. The molecule has 2 nitrogen and oxygen atoms in total. The third kappa shape index (κ3) is 9.45. The van der Waals surface area contributed by atoms with Gasteiger partial charge in [0.15, 0.2) is 0 Å². The van der Waals surface area contributed by atoms with E-state index in [4.69, 9.17) is 12.8 Å². The Labute approximate surface area is 284 Å². The summed E-state index contributed by atoms with van der Waals surface area (Å²) in [5.74, 6) is 4.87. The van der Waals surface area contributed by atoms with Crippen molar-refractivity contribution in [3.63, 3.8) is 0 Å². The average Bonchev–Trinajstić information content (AvgIpc) is 3.53. The van der Waals surface area contributed by atoms with Crippen LogP contribution in [0.25, 0.3) is 22.3 Å². The Kier molecular flexibility index (Phi) is 14.8. The quantitative estimate of drug-likeness (QED) is 0.0778. The van der Waals surface area contributed by atoms with Crippen LogP contribution in [0, 0.1) is 24.7 Å². The van der Waals surface area contributed by atoms with Crippen molar-refractivity contribution in [3.8, 4) is 34.1 Å². The summed E-state index contributed by atoms with van der Waals surface area (Å²) in [4.78, 5) is 4.46. The number of fused-ring (bicyclic) bond motifs is 6. The zero-order valence-electron chi connectivity index (χ0n) is 24.8. The van der Waals surface area contributed by atoms with Crippen LogP contribution >= 0.6 is 0 Å². The van der Waals surface area contributed by atoms with Crippen molar-refractivity contribution >= 4 is 0 Å². The minimum atomic E-state index is 0. The molecule has 0 unspecified atom stereocenters. The maximum Gasteiger partial charge on any atom is 0 e. The van der Waals surface area contributed by atoms with Crippen molar-refractivity contribution in [2.75, 3.05) is 41.3 Å². The summed E-state index contributed by atoms with van der Waals surface area (Å²) in [6.45, 7) is 2.43. The van der Waals surface area contributed by atoms with Gasteiger partial charge in [0.05, 0.1) is 0 Å². The van der Waals surface area contributed by atoms with Crippen molar-refractivity contribution in [1.29, 1.82) is 0 Å². The molecule has 6 rings (SSSR count). The number of nitrogens with zero attached hydrogens (tertiary/aromatic N) is 2. The fourth-order valence-corrected chi connectivity index (χ4v) is 5.26. The predicted molar refractivity (Wildman–Crippen MR) is 168 cm³/mol. The van der Waals surface area contributed by atoms with E-state index in [1.807, 2.05) is 24.3 Å². The summed E-state index contributed by atoms with van der Waals surface area (Å²) in [6.07, 6.45) is 18.9. The molecule has 0 fully saturated rings. The van der Waals surface area contributed by atoms with E-state index in [-0.39, 0.29) is 44.8 Å². The van der Waals surface area contributed by atoms with Crippen LogP contribution in [-0.2, 0) is 57.6 Å². The second-order valence-electron chi connectivity index (χ2n) is 11.0. The minimum Gasteiger partial charge on any atom is -0.366 e. The molecule has 0 N–H and O–H groups in total. The fourth-order valence-electron chi connectivity index (χ4n) is 5.26. The van der Waals surface area contributed by atoms with Gasteiger partial charge in [0.2, 0.25) is 0 Å². The van der Waals surface area contributed by atoms with Crippen molar-refractivity contribution in [2.45, 2.75) is 25.7 Å². The fraction of sp³-hybridized carbons (Fsp3) is 0.263. The first kappa shape index (κ1) is 35.6. The van der Waals surface area contributed by atoms with Crippen LogP contribution in [0.4, 0.5) is 0 Å². The van der Waals surface area contributed by atoms with Crippen LogP contribution in [0.15, 0.2) is 84.9 Å². The van der Waals surface area contributed by atoms with Crippen LogP contribution in [0.5, 0.6) is 0 Å². The Morgan fingerprint density at radius 1 is 0.524 bits per heavy atom. The van der Waals surface area contributed by atoms with Crippen LogP contribution in [0.3, 0.4) is 0 Å². The molecule has 0 aliphatic heterocycles. The molecule has 2 aliphatic rings. The van der Waals surface area contributed by atoms with Gasteiger partial charge >= 0.3 is 0 Å². The molecule has 0 aromatic heterocycles. The predicted octanol–water partition coefficient (Wildman–Crippen LogP) is 7.28. The van der Waals surface area contributed by atoms with Gasteiger partial charge in [0.1, 0.15) is 0 Å². The van der Waals surface area contributed by atoms with Gasteiger partial charge in [-0.1, -0.05) is 60.7 Å². The van der Waals surface area contributed by atoms with E-state index in [0.717, 1.165) is 24.0 Å². The molecule has 2 radical (unpaired) electrons. The summed E-state index contributed by atoms with van der Waals surface area (Å²) < 4.78 is 0. The molecule has 0 saturated heterocycles. The second kappa shape index (κ2) is 17.5. The van der Waals surface area contributed by atoms with Gasteiger partial charge in [-0.3, -0.25) is 11.8 Å². The zero-order valence-corrected chi connectivity index (χ0v) is 29.2. The molecule has 0 saturated carbocycles. The summed E-state index contributed by atoms with van der Waals surface area (Å²) in [6, 6.07) is 29.1. The molecule has 0 heterocycles. The standard InChI is InChI=1S/2C15H9.C8H20N2.2Au/c2*1-2-11-7-8-13-10-12-5-3-4-6-14(12)15(13)9-11;1-9(2)7-5-6-8-10(3)4;;/h2*3-9H,10H2;5-8H2,1-4H3;;/q2*-1;;;. The van der Waals surface area contributed by atoms with Gasteiger partial charge in [0.25, 0.3) is 0 Å². The molecule has 224 valence electrons. The average molecular weight is 917 g/mol. The van der Waals surface area contributed by atoms with Crippen molar-refractivity contribution < 1.29 is 44.8 Å². The topological polar surface area (TPSA) is 6.48 Å². The molecule has 0 spiro atoms. The molecule has 4 aromatic carbocycles. The summed E-state index contributed by atoms with van der Waals surface area (Å²) in [5.41, 5.74) is 12.3. The van der Waals surface area contributed by atoms with E-state index in [9.17, 15) is 0 Å². The summed E-state index contributed by atoms with van der Waals surface area (Å²) in [7, 11) is 8.48. The van der Waals surface area contributed by atoms with Crippen molar-refractivity contribution in [1.82, 2.24) is 9.80 Å². The second-order valence-corrected chi connectivity index (χ2v) is 11.0. The van der Waals surface area contributed by atoms with E-state index in [0.29, 0.717) is 0 Å². The Morgan fingerprint density at radius 2 is 0.881 bits per heavy atom. The Hall–Kier alpha value is -2.60. The maximum absolute atomic E-state index is 7.14. The smallest absolute Gasteiger partial charge is 0 e. The first-order valence-corrected chi connectivity index (χ1v) is 14.0. The molecular weight excluding hydrogens is 878 g/mol. The molecule has 0 atom stereocenters. The summed E-state index contributed by atoms with van der Waals surface area (Å²) in [5, 5.41) is 0. The Bertz CT molecular complexity index is 1420. The molecule has 0 bridgehead atoms. The summed E-state index contributed by atoms with van der Waals surface area (Å²) >= 11 is 0. The molecule has 4 heteroatoms. The SMILES string of the molecule is CN(C)CCCCN(C)C.[Au].[Au].[C-]#Cc1ccc2c(c1)-c1ccccc1C2.[C-]#Cc1ccc2c(c1)-c1ccccc1C2. The monoisotopic (exact) mass is 916 g/mol. The van der Waals surface area contributed by atoms with Crippen LogP contribution in [0.2, 0.25) is 0 Å². The van der Waals surface area contributed by atoms with Crippen LogP contribution < -0.4 is 0 Å². The Balaban J connectivity index is 0.000000221. The van der Waals surface area contributed by atoms with Gasteiger partial charge in [-0.15, -0.1) is 35.4 Å². The third-order valence-corrected chi connectivity index (χ3v) is 7.35. The molecular formula is C38H38Au2N2-2.